The van der Waals surface area contributed by atoms with Gasteiger partial charge in [0.05, 0.1) is 23.4 Å². The van der Waals surface area contributed by atoms with E-state index in [1.807, 2.05) is 51.4 Å². The van der Waals surface area contributed by atoms with Crippen LogP contribution in [0, 0.1) is 0 Å². The molecule has 0 amide bonds. The molecular weight excluding hydrogens is 352 g/mol. The number of ether oxygens (including phenoxy) is 1. The van der Waals surface area contributed by atoms with Gasteiger partial charge in [-0.3, -0.25) is 4.98 Å². The first kappa shape index (κ1) is 16.3. The van der Waals surface area contributed by atoms with Crippen LogP contribution in [0.25, 0.3) is 0 Å². The molecule has 0 radical (unpaired) electrons. The van der Waals surface area contributed by atoms with Gasteiger partial charge >= 0.3 is 0 Å². The lowest BCUT2D eigenvalue weighted by Crippen LogP contribution is -2.18. The minimum atomic E-state index is -0.0433. The van der Waals surface area contributed by atoms with E-state index in [0.717, 1.165) is 21.3 Å². The summed E-state index contributed by atoms with van der Waals surface area (Å²) in [7, 11) is 1.90. The molecule has 112 valence electrons. The number of hydrogen-bond acceptors (Lipinski definition) is 3. The summed E-state index contributed by atoms with van der Waals surface area (Å²) in [5.74, 6) is 0.758. The highest BCUT2D eigenvalue weighted by Gasteiger charge is 2.17. The van der Waals surface area contributed by atoms with E-state index in [4.69, 9.17) is 16.3 Å². The van der Waals surface area contributed by atoms with E-state index in [0.29, 0.717) is 5.02 Å². The van der Waals surface area contributed by atoms with Crippen molar-refractivity contribution in [2.24, 2.45) is 0 Å². The van der Waals surface area contributed by atoms with Crippen LogP contribution < -0.4 is 10.1 Å². The zero-order chi connectivity index (χ0) is 15.4. The Morgan fingerprint density at radius 1 is 1.29 bits per heavy atom. The Morgan fingerprint density at radius 3 is 2.71 bits per heavy atom. The minimum Gasteiger partial charge on any atom is -0.489 e. The smallest absolute Gasteiger partial charge is 0.138 e. The first-order valence-corrected chi connectivity index (χ1v) is 7.92. The molecule has 1 atom stereocenters. The zero-order valence-corrected chi connectivity index (χ0v) is 14.6. The molecule has 0 aliphatic heterocycles. The van der Waals surface area contributed by atoms with Crippen LogP contribution >= 0.6 is 27.5 Å². The third-order valence-electron chi connectivity index (χ3n) is 3.02. The first-order chi connectivity index (χ1) is 10.0. The molecule has 21 heavy (non-hydrogen) atoms. The predicted octanol–water partition coefficient (Wildman–Crippen LogP) is 4.59. The molecule has 0 bridgehead atoms. The van der Waals surface area contributed by atoms with Crippen LogP contribution in [0.2, 0.25) is 5.02 Å². The van der Waals surface area contributed by atoms with Crippen molar-refractivity contribution in [3.63, 3.8) is 0 Å². The number of pyridine rings is 1. The van der Waals surface area contributed by atoms with Crippen LogP contribution in [-0.4, -0.2) is 18.1 Å². The summed E-state index contributed by atoms with van der Waals surface area (Å²) in [5, 5.41) is 3.98. The predicted molar refractivity (Wildman–Crippen MR) is 90.1 cm³/mol. The van der Waals surface area contributed by atoms with Crippen molar-refractivity contribution in [1.82, 2.24) is 10.3 Å². The minimum absolute atomic E-state index is 0.0433. The second kappa shape index (κ2) is 7.25. The maximum absolute atomic E-state index is 6.40. The Balaban J connectivity index is 2.39. The average Bonchev–Trinajstić information content (AvgIpc) is 2.44. The van der Waals surface area contributed by atoms with Crippen LogP contribution in [-0.2, 0) is 0 Å². The van der Waals surface area contributed by atoms with Crippen molar-refractivity contribution < 1.29 is 4.74 Å². The maximum atomic E-state index is 6.40. The van der Waals surface area contributed by atoms with Gasteiger partial charge in [0.15, 0.2) is 0 Å². The Hall–Kier alpha value is -1.10. The number of nitrogens with zero attached hydrogens (tertiary/aromatic N) is 1. The fraction of sp³-hybridized carbons (Fsp3) is 0.312. The molecule has 2 aromatic rings. The van der Waals surface area contributed by atoms with E-state index in [-0.39, 0.29) is 12.1 Å². The number of benzene rings is 1. The van der Waals surface area contributed by atoms with Gasteiger partial charge in [-0.25, -0.2) is 0 Å². The van der Waals surface area contributed by atoms with E-state index < -0.39 is 0 Å². The zero-order valence-electron chi connectivity index (χ0n) is 12.2. The monoisotopic (exact) mass is 368 g/mol. The van der Waals surface area contributed by atoms with Gasteiger partial charge in [-0.2, -0.15) is 0 Å². The SMILES string of the molecule is CNC(c1cncc(OC(C)C)c1)c1cccc(Br)c1Cl. The van der Waals surface area contributed by atoms with Gasteiger partial charge in [-0.15, -0.1) is 0 Å². The van der Waals surface area contributed by atoms with Crippen molar-refractivity contribution >= 4 is 27.5 Å². The number of aromatic nitrogens is 1. The van der Waals surface area contributed by atoms with Crippen molar-refractivity contribution in [2.45, 2.75) is 26.0 Å². The molecule has 5 heteroatoms. The van der Waals surface area contributed by atoms with Gasteiger partial charge in [-0.1, -0.05) is 23.7 Å². The average molecular weight is 370 g/mol. The third kappa shape index (κ3) is 3.96. The van der Waals surface area contributed by atoms with Gasteiger partial charge in [0, 0.05) is 10.7 Å². The summed E-state index contributed by atoms with van der Waals surface area (Å²) < 4.78 is 6.59. The summed E-state index contributed by atoms with van der Waals surface area (Å²) in [6.07, 6.45) is 3.66. The number of rotatable bonds is 5. The summed E-state index contributed by atoms with van der Waals surface area (Å²) in [6, 6.07) is 7.85. The van der Waals surface area contributed by atoms with Crippen molar-refractivity contribution in [3.8, 4) is 5.75 Å². The Labute approximate surface area is 138 Å². The van der Waals surface area contributed by atoms with E-state index >= 15 is 0 Å². The van der Waals surface area contributed by atoms with Crippen LogP contribution in [0.1, 0.15) is 31.0 Å². The van der Waals surface area contributed by atoms with Gasteiger partial charge < -0.3 is 10.1 Å². The van der Waals surface area contributed by atoms with Crippen molar-refractivity contribution in [1.29, 1.82) is 0 Å². The Bertz CT molecular complexity index is 619. The maximum Gasteiger partial charge on any atom is 0.138 e. The summed E-state index contributed by atoms with van der Waals surface area (Å²) >= 11 is 9.87. The van der Waals surface area contributed by atoms with E-state index in [1.165, 1.54) is 0 Å². The summed E-state index contributed by atoms with van der Waals surface area (Å²) in [4.78, 5) is 4.26. The standard InChI is InChI=1S/C16H18BrClN2O/c1-10(2)21-12-7-11(8-20-9-12)16(19-3)13-5-4-6-14(17)15(13)18/h4-10,16,19H,1-3H3. The Kier molecular flexibility index (Phi) is 5.62. The largest absolute Gasteiger partial charge is 0.489 e. The normalized spacial score (nSPS) is 12.5. The van der Waals surface area contributed by atoms with Gasteiger partial charge in [0.1, 0.15) is 5.75 Å². The molecule has 0 spiro atoms. The quantitative estimate of drug-likeness (QED) is 0.837. The second-order valence-electron chi connectivity index (χ2n) is 4.99. The second-order valence-corrected chi connectivity index (χ2v) is 6.22. The molecule has 3 nitrogen and oxygen atoms in total. The molecule has 1 N–H and O–H groups in total. The highest BCUT2D eigenvalue weighted by Crippen LogP contribution is 2.33. The van der Waals surface area contributed by atoms with Crippen LogP contribution in [0.4, 0.5) is 0 Å². The van der Waals surface area contributed by atoms with Crippen LogP contribution in [0.5, 0.6) is 5.75 Å². The topological polar surface area (TPSA) is 34.2 Å². The van der Waals surface area contributed by atoms with E-state index in [9.17, 15) is 0 Å². The molecule has 1 heterocycles. The van der Waals surface area contributed by atoms with Crippen LogP contribution in [0.3, 0.4) is 0 Å². The number of halogens is 2. The molecule has 0 aliphatic rings. The first-order valence-electron chi connectivity index (χ1n) is 6.75. The summed E-state index contributed by atoms with van der Waals surface area (Å²) in [5.41, 5.74) is 2.01. The lowest BCUT2D eigenvalue weighted by Gasteiger charge is -2.20. The van der Waals surface area contributed by atoms with E-state index in [2.05, 4.69) is 26.2 Å². The molecule has 0 fully saturated rings. The van der Waals surface area contributed by atoms with E-state index in [1.54, 1.807) is 6.20 Å². The molecule has 1 aromatic heterocycles. The lowest BCUT2D eigenvalue weighted by molar-refractivity contribution is 0.241. The molecule has 0 aliphatic carbocycles. The highest BCUT2D eigenvalue weighted by atomic mass is 79.9. The molecule has 0 saturated carbocycles. The number of nitrogens with one attached hydrogen (secondary N) is 1. The van der Waals surface area contributed by atoms with Crippen LogP contribution in [0.15, 0.2) is 41.1 Å². The third-order valence-corrected chi connectivity index (χ3v) is 4.33. The van der Waals surface area contributed by atoms with Gasteiger partial charge in [0.2, 0.25) is 0 Å². The lowest BCUT2D eigenvalue weighted by atomic mass is 10.0. The molecule has 0 saturated heterocycles. The van der Waals surface area contributed by atoms with Crippen molar-refractivity contribution in [2.75, 3.05) is 7.05 Å². The highest BCUT2D eigenvalue weighted by molar-refractivity contribution is 9.10. The fourth-order valence-electron chi connectivity index (χ4n) is 2.18. The fourth-order valence-corrected chi connectivity index (χ4v) is 2.79. The van der Waals surface area contributed by atoms with Gasteiger partial charge in [0.25, 0.3) is 0 Å². The molecule has 2 rings (SSSR count). The summed E-state index contributed by atoms with van der Waals surface area (Å²) in [6.45, 7) is 3.99. The van der Waals surface area contributed by atoms with Crippen molar-refractivity contribution in [3.05, 3.63) is 57.3 Å². The Morgan fingerprint density at radius 2 is 2.05 bits per heavy atom. The molecule has 1 unspecified atom stereocenters. The van der Waals surface area contributed by atoms with Gasteiger partial charge in [-0.05, 0) is 60.1 Å². The molecule has 1 aromatic carbocycles. The number of hydrogen-bond donors (Lipinski definition) is 1. The molecular formula is C16H18BrClN2O.